The number of sulfonamides is 1. The zero-order valence-electron chi connectivity index (χ0n) is 11.5. The number of carbonyl (C=O) groups excluding carboxylic acids is 1. The number of nitrogens with one attached hydrogen (secondary N) is 1. The molecule has 0 heterocycles. The molecule has 1 aromatic carbocycles. The number of aliphatic hydroxyl groups is 1. The van der Waals surface area contributed by atoms with Gasteiger partial charge in [0, 0.05) is 5.56 Å². The van der Waals surface area contributed by atoms with Crippen LogP contribution in [0.1, 0.15) is 19.4 Å². The van der Waals surface area contributed by atoms with Gasteiger partial charge < -0.3 is 10.8 Å². The zero-order valence-corrected chi connectivity index (χ0v) is 12.3. The zero-order chi connectivity index (χ0) is 16.3. The highest BCUT2D eigenvalue weighted by Gasteiger charge is 2.32. The van der Waals surface area contributed by atoms with Gasteiger partial charge in [-0.1, -0.05) is 11.8 Å². The Morgan fingerprint density at radius 1 is 1.48 bits per heavy atom. The maximum atomic E-state index is 13.9. The number of halogens is 1. The lowest BCUT2D eigenvalue weighted by atomic mass is 10.1. The molecule has 4 N–H and O–H groups in total. The summed E-state index contributed by atoms with van der Waals surface area (Å²) in [5.41, 5.74) is 3.73. The van der Waals surface area contributed by atoms with Crippen molar-refractivity contribution in [3.63, 3.8) is 0 Å². The van der Waals surface area contributed by atoms with E-state index in [1.54, 1.807) is 0 Å². The molecule has 0 aliphatic heterocycles. The molecule has 0 unspecified atom stereocenters. The second kappa shape index (κ2) is 6.22. The fraction of sp³-hybridized carbons (Fsp3) is 0.308. The van der Waals surface area contributed by atoms with E-state index in [-0.39, 0.29) is 5.56 Å². The van der Waals surface area contributed by atoms with Crippen LogP contribution in [0.3, 0.4) is 0 Å². The average Bonchev–Trinajstić information content (AvgIpc) is 2.34. The predicted octanol–water partition coefficient (Wildman–Crippen LogP) is -0.288. The molecular formula is C13H15FN2O4S. The first-order chi connectivity index (χ1) is 9.60. The highest BCUT2D eigenvalue weighted by molar-refractivity contribution is 7.89. The van der Waals surface area contributed by atoms with Crippen LogP contribution in [-0.4, -0.2) is 31.6 Å². The van der Waals surface area contributed by atoms with Crippen LogP contribution in [0.2, 0.25) is 0 Å². The van der Waals surface area contributed by atoms with E-state index in [1.165, 1.54) is 19.9 Å². The van der Waals surface area contributed by atoms with Crippen LogP contribution in [0.4, 0.5) is 4.39 Å². The molecule has 21 heavy (non-hydrogen) atoms. The minimum atomic E-state index is -4.25. The van der Waals surface area contributed by atoms with Gasteiger partial charge in [-0.05, 0) is 32.0 Å². The molecule has 1 aromatic rings. The molecule has 0 atom stereocenters. The van der Waals surface area contributed by atoms with Gasteiger partial charge in [0.25, 0.3) is 0 Å². The quantitative estimate of drug-likeness (QED) is 0.663. The van der Waals surface area contributed by atoms with Crippen LogP contribution in [0.25, 0.3) is 0 Å². The van der Waals surface area contributed by atoms with Gasteiger partial charge in [-0.15, -0.1) is 0 Å². The van der Waals surface area contributed by atoms with E-state index in [9.17, 15) is 17.6 Å². The number of benzene rings is 1. The third-order valence-electron chi connectivity index (χ3n) is 2.54. The molecule has 8 heteroatoms. The fourth-order valence-electron chi connectivity index (χ4n) is 1.38. The largest absolute Gasteiger partial charge is 0.384 e. The number of rotatable bonds is 4. The SMILES string of the molecule is CC(C)(NS(=O)(=O)c1ccc(C#CCO)cc1F)C(N)=O. The van der Waals surface area contributed by atoms with Crippen molar-refractivity contribution in [3.8, 4) is 11.8 Å². The number of aliphatic hydroxyl groups excluding tert-OH is 1. The summed E-state index contributed by atoms with van der Waals surface area (Å²) in [6.07, 6.45) is 0. The Morgan fingerprint density at radius 2 is 2.10 bits per heavy atom. The summed E-state index contributed by atoms with van der Waals surface area (Å²) >= 11 is 0. The van der Waals surface area contributed by atoms with Crippen molar-refractivity contribution in [1.29, 1.82) is 0 Å². The van der Waals surface area contributed by atoms with Crippen molar-refractivity contribution >= 4 is 15.9 Å². The molecule has 0 aromatic heterocycles. The number of amides is 1. The highest BCUT2D eigenvalue weighted by Crippen LogP contribution is 2.18. The number of carbonyl (C=O) groups is 1. The van der Waals surface area contributed by atoms with E-state index in [2.05, 4.69) is 11.8 Å². The maximum absolute atomic E-state index is 13.9. The average molecular weight is 314 g/mol. The van der Waals surface area contributed by atoms with Gasteiger partial charge in [0.15, 0.2) is 0 Å². The number of primary amides is 1. The van der Waals surface area contributed by atoms with Crippen molar-refractivity contribution in [2.45, 2.75) is 24.3 Å². The molecule has 1 amide bonds. The lowest BCUT2D eigenvalue weighted by Gasteiger charge is -2.22. The van der Waals surface area contributed by atoms with Crippen molar-refractivity contribution < 1.29 is 22.7 Å². The first kappa shape index (κ1) is 17.1. The van der Waals surface area contributed by atoms with E-state index in [1.807, 2.05) is 4.72 Å². The summed E-state index contributed by atoms with van der Waals surface area (Å²) in [7, 11) is -4.25. The standard InChI is InChI=1S/C13H15FN2O4S/c1-13(2,12(15)18)16-21(19,20)11-6-5-9(4-3-7-17)8-10(11)14/h5-6,8,16-17H,7H2,1-2H3,(H2,15,18). The van der Waals surface area contributed by atoms with Crippen molar-refractivity contribution in [2.75, 3.05) is 6.61 Å². The molecule has 1 rings (SSSR count). The Hall–Kier alpha value is -1.95. The van der Waals surface area contributed by atoms with Crippen LogP contribution in [0, 0.1) is 17.7 Å². The first-order valence-corrected chi connectivity index (χ1v) is 7.31. The Labute approximate surface area is 122 Å². The van der Waals surface area contributed by atoms with Crippen LogP contribution < -0.4 is 10.5 Å². The minimum Gasteiger partial charge on any atom is -0.384 e. The molecule has 0 aliphatic carbocycles. The van der Waals surface area contributed by atoms with Gasteiger partial charge in [-0.2, -0.15) is 4.72 Å². The van der Waals surface area contributed by atoms with E-state index in [0.29, 0.717) is 0 Å². The molecule has 0 aliphatic rings. The number of hydrogen-bond acceptors (Lipinski definition) is 4. The van der Waals surface area contributed by atoms with Crippen LogP contribution in [0.15, 0.2) is 23.1 Å². The van der Waals surface area contributed by atoms with Gasteiger partial charge in [-0.3, -0.25) is 4.79 Å². The first-order valence-electron chi connectivity index (χ1n) is 5.83. The second-order valence-corrected chi connectivity index (χ2v) is 6.35. The fourth-order valence-corrected chi connectivity index (χ4v) is 2.82. The van der Waals surface area contributed by atoms with Crippen LogP contribution in [-0.2, 0) is 14.8 Å². The summed E-state index contributed by atoms with van der Waals surface area (Å²) < 4.78 is 40.0. The van der Waals surface area contributed by atoms with E-state index in [4.69, 9.17) is 10.8 Å². The molecule has 0 saturated heterocycles. The highest BCUT2D eigenvalue weighted by atomic mass is 32.2. The molecule has 0 radical (unpaired) electrons. The third kappa shape index (κ3) is 4.26. The topological polar surface area (TPSA) is 109 Å². The molecule has 114 valence electrons. The summed E-state index contributed by atoms with van der Waals surface area (Å²) in [5, 5.41) is 8.54. The van der Waals surface area contributed by atoms with Crippen LogP contribution >= 0.6 is 0 Å². The molecular weight excluding hydrogens is 299 g/mol. The predicted molar refractivity (Wildman–Crippen MR) is 74.0 cm³/mol. The monoisotopic (exact) mass is 314 g/mol. The Morgan fingerprint density at radius 3 is 2.57 bits per heavy atom. The van der Waals surface area contributed by atoms with E-state index < -0.39 is 38.8 Å². The smallest absolute Gasteiger partial charge is 0.244 e. The van der Waals surface area contributed by atoms with Gasteiger partial charge in [0.1, 0.15) is 22.9 Å². The van der Waals surface area contributed by atoms with E-state index in [0.717, 1.165) is 12.1 Å². The Bertz CT molecular complexity index is 717. The summed E-state index contributed by atoms with van der Waals surface area (Å²) in [5.74, 6) is 2.85. The van der Waals surface area contributed by atoms with Gasteiger partial charge in [-0.25, -0.2) is 12.8 Å². The van der Waals surface area contributed by atoms with Gasteiger partial charge >= 0.3 is 0 Å². The normalized spacial score (nSPS) is 11.6. The van der Waals surface area contributed by atoms with Gasteiger partial charge in [0.2, 0.25) is 15.9 Å². The van der Waals surface area contributed by atoms with E-state index >= 15 is 0 Å². The third-order valence-corrected chi connectivity index (χ3v) is 4.23. The molecule has 0 fully saturated rings. The Balaban J connectivity index is 3.19. The molecule has 0 spiro atoms. The van der Waals surface area contributed by atoms with Gasteiger partial charge in [0.05, 0.1) is 0 Å². The summed E-state index contributed by atoms with van der Waals surface area (Å²) in [6.45, 7) is 2.15. The lowest BCUT2D eigenvalue weighted by Crippen LogP contribution is -2.52. The molecule has 6 nitrogen and oxygen atoms in total. The summed E-state index contributed by atoms with van der Waals surface area (Å²) in [4.78, 5) is 10.5. The van der Waals surface area contributed by atoms with Crippen LogP contribution in [0.5, 0.6) is 0 Å². The second-order valence-electron chi connectivity index (χ2n) is 4.70. The number of hydrogen-bond donors (Lipinski definition) is 3. The van der Waals surface area contributed by atoms with Crippen molar-refractivity contribution in [2.24, 2.45) is 5.73 Å². The molecule has 0 saturated carbocycles. The Kier molecular flexibility index (Phi) is 5.06. The van der Waals surface area contributed by atoms with Crippen molar-refractivity contribution in [1.82, 2.24) is 4.72 Å². The maximum Gasteiger partial charge on any atom is 0.244 e. The number of nitrogens with two attached hydrogens (primary N) is 1. The lowest BCUT2D eigenvalue weighted by molar-refractivity contribution is -0.122. The minimum absolute atomic E-state index is 0.217. The summed E-state index contributed by atoms with van der Waals surface area (Å²) in [6, 6.07) is 3.24. The van der Waals surface area contributed by atoms with Crippen molar-refractivity contribution in [3.05, 3.63) is 29.6 Å². The molecule has 0 bridgehead atoms.